The highest BCUT2D eigenvalue weighted by molar-refractivity contribution is 7.91. The van der Waals surface area contributed by atoms with Gasteiger partial charge < -0.3 is 10.8 Å². The van der Waals surface area contributed by atoms with E-state index in [2.05, 4.69) is 0 Å². The fourth-order valence-corrected chi connectivity index (χ4v) is 3.61. The summed E-state index contributed by atoms with van der Waals surface area (Å²) in [7, 11) is -3.45. The number of rotatable bonds is 1. The van der Waals surface area contributed by atoms with E-state index in [4.69, 9.17) is 10.8 Å². The monoisotopic (exact) mass is 254 g/mol. The number of sulfone groups is 1. The number of aromatic carboxylic acids is 1. The molecule has 1 aromatic carbocycles. The van der Waals surface area contributed by atoms with Crippen molar-refractivity contribution in [3.8, 4) is 0 Å². The Kier molecular flexibility index (Phi) is 2.92. The fraction of sp³-hybridized carbons (Fsp3) is 0.364. The Hall–Kier alpha value is -1.40. The van der Waals surface area contributed by atoms with Gasteiger partial charge in [-0.25, -0.2) is 13.2 Å². The molecular weight excluding hydrogens is 242 g/mol. The van der Waals surface area contributed by atoms with Crippen LogP contribution < -0.4 is 0 Å². The average Bonchev–Trinajstić information content (AvgIpc) is 2.37. The number of hydrogen-bond acceptors (Lipinski definition) is 3. The molecule has 6 heteroatoms. The van der Waals surface area contributed by atoms with Gasteiger partial charge in [-0.1, -0.05) is 12.5 Å². The molecule has 0 saturated carbocycles. The smallest absolute Gasteiger partial charge is 0.335 e. The Morgan fingerprint density at radius 2 is 2.12 bits per heavy atom. The molecule has 0 saturated heterocycles. The molecule has 0 aliphatic carbocycles. The minimum Gasteiger partial charge on any atom is -0.671 e. The maximum Gasteiger partial charge on any atom is 0.335 e. The zero-order valence-corrected chi connectivity index (χ0v) is 9.83. The predicted octanol–water partition coefficient (Wildman–Crippen LogP) is 2.05. The van der Waals surface area contributed by atoms with Crippen molar-refractivity contribution < 1.29 is 18.3 Å². The van der Waals surface area contributed by atoms with Crippen molar-refractivity contribution in [3.63, 3.8) is 0 Å². The molecule has 92 valence electrons. The molecule has 1 aromatic rings. The van der Waals surface area contributed by atoms with Crippen LogP contribution in [0.15, 0.2) is 23.1 Å². The van der Waals surface area contributed by atoms with E-state index in [1.165, 1.54) is 18.2 Å². The number of carboxylic acids is 1. The first-order valence-electron chi connectivity index (χ1n) is 5.23. The number of carboxylic acid groups (broad SMARTS) is 1. The highest BCUT2D eigenvalue weighted by Crippen LogP contribution is 2.33. The summed E-state index contributed by atoms with van der Waals surface area (Å²) in [6.07, 6.45) is 0.923. The van der Waals surface area contributed by atoms with Crippen molar-refractivity contribution in [1.82, 2.24) is 0 Å². The summed E-state index contributed by atoms with van der Waals surface area (Å²) in [5.41, 5.74) is 8.19. The number of carbonyl (C=O) groups is 1. The molecule has 1 heterocycles. The summed E-state index contributed by atoms with van der Waals surface area (Å²) < 4.78 is 23.9. The van der Waals surface area contributed by atoms with Gasteiger partial charge in [0.05, 0.1) is 16.2 Å². The molecule has 0 bridgehead atoms. The lowest BCUT2D eigenvalue weighted by molar-refractivity contribution is 0.0696. The minimum atomic E-state index is -3.45. The van der Waals surface area contributed by atoms with Gasteiger partial charge in [0.2, 0.25) is 0 Å². The number of nitrogens with one attached hydrogen (secondary N) is 1. The van der Waals surface area contributed by atoms with Gasteiger partial charge in [-0.2, -0.15) is 0 Å². The quantitative estimate of drug-likeness (QED) is 0.829. The molecule has 1 aliphatic rings. The molecule has 0 spiro atoms. The fourth-order valence-electron chi connectivity index (χ4n) is 1.97. The third-order valence-corrected chi connectivity index (χ3v) is 4.73. The van der Waals surface area contributed by atoms with Crippen molar-refractivity contribution in [2.75, 3.05) is 5.75 Å². The molecule has 0 fully saturated rings. The highest BCUT2D eigenvalue weighted by Gasteiger charge is 2.24. The van der Waals surface area contributed by atoms with E-state index in [0.29, 0.717) is 18.4 Å². The number of fused-ring (bicyclic) bond motifs is 1. The van der Waals surface area contributed by atoms with Crippen LogP contribution in [0.5, 0.6) is 0 Å². The maximum atomic E-state index is 11.9. The first-order valence-corrected chi connectivity index (χ1v) is 6.88. The maximum absolute atomic E-state index is 11.9. The molecule has 0 radical (unpaired) electrons. The second-order valence-corrected chi connectivity index (χ2v) is 6.15. The third-order valence-electron chi connectivity index (χ3n) is 2.88. The molecular formula is C11H12NO4S-. The van der Waals surface area contributed by atoms with Gasteiger partial charge in [-0.15, -0.1) is 6.04 Å². The normalized spacial score (nSPS) is 22.5. The van der Waals surface area contributed by atoms with E-state index < -0.39 is 21.8 Å². The lowest BCUT2D eigenvalue weighted by atomic mass is 10.0. The minimum absolute atomic E-state index is 0.00917. The summed E-state index contributed by atoms with van der Waals surface area (Å²) in [4.78, 5) is 10.8. The Morgan fingerprint density at radius 3 is 2.76 bits per heavy atom. The van der Waals surface area contributed by atoms with Gasteiger partial charge in [0.1, 0.15) is 0 Å². The zero-order valence-electron chi connectivity index (χ0n) is 9.01. The molecule has 1 aliphatic heterocycles. The lowest BCUT2D eigenvalue weighted by Gasteiger charge is -2.19. The Labute approximate surface area is 99.2 Å². The molecule has 5 nitrogen and oxygen atoms in total. The van der Waals surface area contributed by atoms with Crippen LogP contribution in [0.4, 0.5) is 0 Å². The molecule has 0 amide bonds. The number of benzene rings is 1. The van der Waals surface area contributed by atoms with Crippen molar-refractivity contribution in [2.24, 2.45) is 0 Å². The molecule has 2 rings (SSSR count). The van der Waals surface area contributed by atoms with Gasteiger partial charge in [0.15, 0.2) is 9.84 Å². The van der Waals surface area contributed by atoms with Gasteiger partial charge >= 0.3 is 5.97 Å². The van der Waals surface area contributed by atoms with Crippen molar-refractivity contribution in [3.05, 3.63) is 35.1 Å². The Bertz CT molecular complexity index is 565. The van der Waals surface area contributed by atoms with Crippen LogP contribution in [0.25, 0.3) is 5.73 Å². The summed E-state index contributed by atoms with van der Waals surface area (Å²) >= 11 is 0. The van der Waals surface area contributed by atoms with Crippen LogP contribution in [0.2, 0.25) is 0 Å². The molecule has 2 N–H and O–H groups in total. The predicted molar refractivity (Wildman–Crippen MR) is 61.8 cm³/mol. The van der Waals surface area contributed by atoms with E-state index in [1.807, 2.05) is 0 Å². The average molecular weight is 254 g/mol. The Balaban J connectivity index is 2.67. The second kappa shape index (κ2) is 4.12. The van der Waals surface area contributed by atoms with Gasteiger partial charge in [0.25, 0.3) is 0 Å². The van der Waals surface area contributed by atoms with E-state index >= 15 is 0 Å². The first kappa shape index (κ1) is 12.1. The second-order valence-electron chi connectivity index (χ2n) is 4.07. The Morgan fingerprint density at radius 1 is 1.41 bits per heavy atom. The number of hydrogen-bond donors (Lipinski definition) is 1. The molecule has 0 aromatic heterocycles. The SMILES string of the molecule is [NH-]C1CCCS(=O)(=O)c2cc(C(=O)O)ccc21. The molecule has 1 unspecified atom stereocenters. The summed E-state index contributed by atoms with van der Waals surface area (Å²) in [6, 6.07) is 3.37. The van der Waals surface area contributed by atoms with Crippen molar-refractivity contribution in [2.45, 2.75) is 23.8 Å². The third kappa shape index (κ3) is 2.18. The summed E-state index contributed by atoms with van der Waals surface area (Å²) in [6.45, 7) is 0. The first-order chi connectivity index (χ1) is 7.92. The van der Waals surface area contributed by atoms with Crippen LogP contribution >= 0.6 is 0 Å². The van der Waals surface area contributed by atoms with Crippen LogP contribution in [0.1, 0.15) is 34.8 Å². The molecule has 17 heavy (non-hydrogen) atoms. The van der Waals surface area contributed by atoms with E-state index in [1.54, 1.807) is 0 Å². The van der Waals surface area contributed by atoms with E-state index in [0.717, 1.165) is 0 Å². The topological polar surface area (TPSA) is 95.2 Å². The van der Waals surface area contributed by atoms with E-state index in [9.17, 15) is 13.2 Å². The van der Waals surface area contributed by atoms with Crippen LogP contribution in [-0.4, -0.2) is 25.2 Å². The van der Waals surface area contributed by atoms with E-state index in [-0.39, 0.29) is 16.2 Å². The van der Waals surface area contributed by atoms with Gasteiger partial charge in [-0.3, -0.25) is 0 Å². The lowest BCUT2D eigenvalue weighted by Crippen LogP contribution is -2.08. The largest absolute Gasteiger partial charge is 0.671 e. The van der Waals surface area contributed by atoms with Crippen molar-refractivity contribution in [1.29, 1.82) is 0 Å². The summed E-state index contributed by atoms with van der Waals surface area (Å²) in [5, 5.41) is 8.85. The highest BCUT2D eigenvalue weighted by atomic mass is 32.2. The van der Waals surface area contributed by atoms with Crippen LogP contribution in [0.3, 0.4) is 0 Å². The molecule has 1 atom stereocenters. The van der Waals surface area contributed by atoms with Crippen molar-refractivity contribution >= 4 is 15.8 Å². The van der Waals surface area contributed by atoms with Crippen LogP contribution in [0, 0.1) is 0 Å². The van der Waals surface area contributed by atoms with Gasteiger partial charge in [0, 0.05) is 0 Å². The standard InChI is InChI=1S/C11H12NO4S/c12-9-2-1-5-17(15,16)10-6-7(11(13)14)3-4-8(9)10/h3-4,6,9,12H,1-2,5H2,(H,13,14)/q-1. The summed E-state index contributed by atoms with van der Waals surface area (Å²) in [5.74, 6) is -1.17. The van der Waals surface area contributed by atoms with Gasteiger partial charge in [-0.05, 0) is 24.1 Å². The van der Waals surface area contributed by atoms with Crippen LogP contribution in [-0.2, 0) is 9.84 Å². The zero-order chi connectivity index (χ0) is 12.6.